The van der Waals surface area contributed by atoms with Gasteiger partial charge in [-0.2, -0.15) is 0 Å². The van der Waals surface area contributed by atoms with Crippen LogP contribution in [0.25, 0.3) is 0 Å². The molecule has 3 saturated heterocycles. The first kappa shape index (κ1) is 23.5. The number of aliphatic hydroxyl groups excluding tert-OH is 1. The Morgan fingerprint density at radius 3 is 2.51 bits per heavy atom. The molecule has 5 rings (SSSR count). The number of likely N-dealkylation sites (tertiary alicyclic amines) is 1. The quantitative estimate of drug-likeness (QED) is 0.562. The third-order valence-electron chi connectivity index (χ3n) is 7.55. The van der Waals surface area contributed by atoms with Crippen molar-refractivity contribution < 1.29 is 29.0 Å². The van der Waals surface area contributed by atoms with Gasteiger partial charge in [-0.15, -0.1) is 0 Å². The Bertz CT molecular complexity index is 1090. The second-order valence-corrected chi connectivity index (χ2v) is 9.37. The van der Waals surface area contributed by atoms with Crippen molar-refractivity contribution in [1.82, 2.24) is 10.2 Å². The molecule has 3 aliphatic heterocycles. The minimum atomic E-state index is -1.14. The van der Waals surface area contributed by atoms with Crippen LogP contribution in [-0.4, -0.2) is 58.8 Å². The van der Waals surface area contributed by atoms with E-state index in [0.717, 1.165) is 5.56 Å². The predicted octanol–water partition coefficient (Wildman–Crippen LogP) is 1.97. The summed E-state index contributed by atoms with van der Waals surface area (Å²) in [7, 11) is 0. The zero-order valence-corrected chi connectivity index (χ0v) is 19.6. The topological polar surface area (TPSA) is 105 Å². The molecule has 3 fully saturated rings. The van der Waals surface area contributed by atoms with E-state index >= 15 is 0 Å². The Morgan fingerprint density at radius 2 is 1.86 bits per heavy atom. The first-order valence-corrected chi connectivity index (χ1v) is 12.2. The largest absolute Gasteiger partial charge is 0.466 e. The summed E-state index contributed by atoms with van der Waals surface area (Å²) < 4.78 is 11.7. The van der Waals surface area contributed by atoms with Crippen LogP contribution in [0.3, 0.4) is 0 Å². The zero-order valence-electron chi connectivity index (χ0n) is 19.6. The number of fused-ring (bicyclic) bond motifs is 1. The average Bonchev–Trinajstić information content (AvgIpc) is 3.52. The first-order valence-electron chi connectivity index (χ1n) is 12.2. The standard InChI is InChI=1S/C27H30N2O6/c1-2-34-26(33)21-20-13-14-27(35-20)22(21)25(32)29(19(16-30)18-11-7-4-8-12-18)23(27)24(31)28-15-17-9-5-3-6-10-17/h3-12,19-23,30H,2,13-16H2,1H3,(H,28,31)/t19-,20-,21+,22+,23-,27+/m1/s1. The van der Waals surface area contributed by atoms with Crippen LogP contribution in [0, 0.1) is 11.8 Å². The molecule has 3 aliphatic rings. The molecule has 2 aromatic carbocycles. The molecule has 2 aromatic rings. The van der Waals surface area contributed by atoms with Gasteiger partial charge in [0.25, 0.3) is 0 Å². The van der Waals surface area contributed by atoms with Crippen molar-refractivity contribution in [1.29, 1.82) is 0 Å². The molecule has 0 unspecified atom stereocenters. The fourth-order valence-corrected chi connectivity index (χ4v) is 6.14. The number of nitrogens with one attached hydrogen (secondary N) is 1. The highest BCUT2D eigenvalue weighted by atomic mass is 16.6. The van der Waals surface area contributed by atoms with Gasteiger partial charge in [0.15, 0.2) is 0 Å². The lowest BCUT2D eigenvalue weighted by atomic mass is 9.71. The molecular formula is C27H30N2O6. The second kappa shape index (κ2) is 9.43. The summed E-state index contributed by atoms with van der Waals surface area (Å²) in [6.45, 7) is 1.85. The van der Waals surface area contributed by atoms with Crippen molar-refractivity contribution in [3.8, 4) is 0 Å². The lowest BCUT2D eigenvalue weighted by Gasteiger charge is -2.36. The number of nitrogens with zero attached hydrogens (tertiary/aromatic N) is 1. The summed E-state index contributed by atoms with van der Waals surface area (Å²) in [6.07, 6.45) is 0.592. The molecule has 0 saturated carbocycles. The molecule has 3 heterocycles. The lowest BCUT2D eigenvalue weighted by molar-refractivity contribution is -0.155. The molecule has 0 aliphatic carbocycles. The van der Waals surface area contributed by atoms with Crippen molar-refractivity contribution in [2.24, 2.45) is 11.8 Å². The van der Waals surface area contributed by atoms with Gasteiger partial charge in [0.05, 0.1) is 37.2 Å². The van der Waals surface area contributed by atoms with E-state index in [4.69, 9.17) is 9.47 Å². The highest BCUT2D eigenvalue weighted by Crippen LogP contribution is 2.59. The minimum absolute atomic E-state index is 0.198. The number of aliphatic hydroxyl groups is 1. The van der Waals surface area contributed by atoms with Gasteiger partial charge >= 0.3 is 5.97 Å². The van der Waals surface area contributed by atoms with Gasteiger partial charge in [-0.1, -0.05) is 60.7 Å². The van der Waals surface area contributed by atoms with Crippen LogP contribution in [0.1, 0.15) is 36.9 Å². The smallest absolute Gasteiger partial charge is 0.312 e. The maximum Gasteiger partial charge on any atom is 0.312 e. The molecule has 8 nitrogen and oxygen atoms in total. The average molecular weight is 479 g/mol. The number of esters is 1. The monoisotopic (exact) mass is 478 g/mol. The zero-order chi connectivity index (χ0) is 24.6. The van der Waals surface area contributed by atoms with Gasteiger partial charge in [-0.25, -0.2) is 0 Å². The van der Waals surface area contributed by atoms with E-state index in [0.29, 0.717) is 24.9 Å². The van der Waals surface area contributed by atoms with Gasteiger partial charge in [0, 0.05) is 6.54 Å². The van der Waals surface area contributed by atoms with Crippen LogP contribution in [0.4, 0.5) is 0 Å². The van der Waals surface area contributed by atoms with E-state index in [-0.39, 0.29) is 25.0 Å². The molecular weight excluding hydrogens is 448 g/mol. The van der Waals surface area contributed by atoms with Crippen LogP contribution >= 0.6 is 0 Å². The fourth-order valence-electron chi connectivity index (χ4n) is 6.14. The number of carbonyl (C=O) groups is 3. The Labute approximate surface area is 204 Å². The molecule has 35 heavy (non-hydrogen) atoms. The number of hydrogen-bond acceptors (Lipinski definition) is 6. The van der Waals surface area contributed by atoms with Gasteiger partial charge in [-0.3, -0.25) is 14.4 Å². The Kier molecular flexibility index (Phi) is 6.34. The van der Waals surface area contributed by atoms with Crippen LogP contribution in [0.2, 0.25) is 0 Å². The van der Waals surface area contributed by atoms with Crippen LogP contribution in [0.5, 0.6) is 0 Å². The SMILES string of the molecule is CCOC(=O)[C@@H]1[C@H]2C(=O)N([C@H](CO)c3ccccc3)[C@H](C(=O)NCc3ccccc3)[C@]23CC[C@H]1O3. The summed E-state index contributed by atoms with van der Waals surface area (Å²) in [5.41, 5.74) is 0.499. The Balaban J connectivity index is 1.53. The highest BCUT2D eigenvalue weighted by Gasteiger charge is 2.75. The van der Waals surface area contributed by atoms with E-state index in [2.05, 4.69) is 5.32 Å². The van der Waals surface area contributed by atoms with Crippen molar-refractivity contribution in [3.63, 3.8) is 0 Å². The highest BCUT2D eigenvalue weighted by molar-refractivity contribution is 5.98. The third-order valence-corrected chi connectivity index (χ3v) is 7.55. The number of rotatable bonds is 8. The van der Waals surface area contributed by atoms with Crippen molar-refractivity contribution in [2.75, 3.05) is 13.2 Å². The van der Waals surface area contributed by atoms with Crippen molar-refractivity contribution >= 4 is 17.8 Å². The molecule has 6 atom stereocenters. The van der Waals surface area contributed by atoms with Crippen molar-refractivity contribution in [3.05, 3.63) is 71.8 Å². The summed E-state index contributed by atoms with van der Waals surface area (Å²) in [4.78, 5) is 42.1. The normalized spacial score (nSPS) is 29.7. The summed E-state index contributed by atoms with van der Waals surface area (Å²) in [6, 6.07) is 16.9. The maximum atomic E-state index is 14.0. The van der Waals surface area contributed by atoms with Gasteiger partial charge in [0.2, 0.25) is 11.8 Å². The fraction of sp³-hybridized carbons (Fsp3) is 0.444. The van der Waals surface area contributed by atoms with Gasteiger partial charge in [0.1, 0.15) is 11.6 Å². The van der Waals surface area contributed by atoms with E-state index < -0.39 is 41.6 Å². The molecule has 0 radical (unpaired) electrons. The molecule has 0 aromatic heterocycles. The van der Waals surface area contributed by atoms with Crippen LogP contribution in [0.15, 0.2) is 60.7 Å². The predicted molar refractivity (Wildman–Crippen MR) is 126 cm³/mol. The molecule has 1 spiro atoms. The number of amides is 2. The van der Waals surface area contributed by atoms with Crippen LogP contribution < -0.4 is 5.32 Å². The third kappa shape index (κ3) is 3.81. The summed E-state index contributed by atoms with van der Waals surface area (Å²) in [5, 5.41) is 13.4. The summed E-state index contributed by atoms with van der Waals surface area (Å²) in [5.74, 6) is -2.77. The van der Waals surface area contributed by atoms with Gasteiger partial charge in [-0.05, 0) is 30.9 Å². The Hall–Kier alpha value is -3.23. The van der Waals surface area contributed by atoms with Crippen LogP contribution in [-0.2, 0) is 30.4 Å². The molecule has 184 valence electrons. The van der Waals surface area contributed by atoms with Gasteiger partial charge < -0.3 is 24.8 Å². The molecule has 2 N–H and O–H groups in total. The Morgan fingerprint density at radius 1 is 1.17 bits per heavy atom. The summed E-state index contributed by atoms with van der Waals surface area (Å²) >= 11 is 0. The minimum Gasteiger partial charge on any atom is -0.466 e. The molecule has 2 amide bonds. The second-order valence-electron chi connectivity index (χ2n) is 9.37. The lowest BCUT2D eigenvalue weighted by Crippen LogP contribution is -2.56. The van der Waals surface area contributed by atoms with E-state index in [1.54, 1.807) is 6.92 Å². The maximum absolute atomic E-state index is 14.0. The van der Waals surface area contributed by atoms with E-state index in [9.17, 15) is 19.5 Å². The number of hydrogen-bond donors (Lipinski definition) is 2. The van der Waals surface area contributed by atoms with Crippen molar-refractivity contribution in [2.45, 2.75) is 50.1 Å². The van der Waals surface area contributed by atoms with E-state index in [1.807, 2.05) is 60.7 Å². The van der Waals surface area contributed by atoms with E-state index in [1.165, 1.54) is 4.90 Å². The molecule has 8 heteroatoms. The molecule has 2 bridgehead atoms. The first-order chi connectivity index (χ1) is 17.0. The number of ether oxygens (including phenoxy) is 2. The number of carbonyl (C=O) groups excluding carboxylic acids is 3. The number of benzene rings is 2.